The number of rotatable bonds is 0. The number of nitrogens with zero attached hydrogens (tertiary/aromatic N) is 2. The Labute approximate surface area is 89.6 Å². The normalized spacial score (nSPS) is 9.47. The van der Waals surface area contributed by atoms with E-state index in [2.05, 4.69) is 35.9 Å². The Morgan fingerprint density at radius 3 is 2.80 bits per heavy atom. The van der Waals surface area contributed by atoms with Gasteiger partial charge in [-0.2, -0.15) is 0 Å². The van der Waals surface area contributed by atoms with Gasteiger partial charge < -0.3 is 4.57 Å². The second kappa shape index (κ2) is 4.02. The molecule has 15 heavy (non-hydrogen) atoms. The zero-order chi connectivity index (χ0) is 10.7. The highest BCUT2D eigenvalue weighted by atomic mass is 15.0. The zero-order valence-corrected chi connectivity index (χ0v) is 8.86. The van der Waals surface area contributed by atoms with Crippen molar-refractivity contribution in [3.63, 3.8) is 0 Å². The van der Waals surface area contributed by atoms with Crippen LogP contribution in [0, 0.1) is 18.8 Å². The summed E-state index contributed by atoms with van der Waals surface area (Å²) < 4.78 is 1.91. The van der Waals surface area contributed by atoms with Gasteiger partial charge in [0, 0.05) is 12.6 Å². The second-order valence-corrected chi connectivity index (χ2v) is 3.51. The van der Waals surface area contributed by atoms with Crippen LogP contribution in [0.1, 0.15) is 16.8 Å². The molecule has 0 saturated heterocycles. The second-order valence-electron chi connectivity index (χ2n) is 3.51. The highest BCUT2D eigenvalue weighted by molar-refractivity contribution is 5.41. The Bertz CT molecular complexity index is 527. The maximum absolute atomic E-state index is 4.01. The molecule has 0 N–H and O–H groups in total. The lowest BCUT2D eigenvalue weighted by Crippen LogP contribution is -1.88. The molecule has 0 fully saturated rings. The Morgan fingerprint density at radius 1 is 1.27 bits per heavy atom. The van der Waals surface area contributed by atoms with Crippen LogP contribution in [-0.2, 0) is 7.05 Å². The van der Waals surface area contributed by atoms with E-state index in [0.717, 1.165) is 11.3 Å². The van der Waals surface area contributed by atoms with Gasteiger partial charge in [-0.3, -0.25) is 0 Å². The first-order valence-electron chi connectivity index (χ1n) is 4.81. The van der Waals surface area contributed by atoms with Gasteiger partial charge in [-0.1, -0.05) is 18.1 Å². The molecule has 74 valence electrons. The minimum atomic E-state index is 0.927. The van der Waals surface area contributed by atoms with Crippen molar-refractivity contribution in [3.05, 3.63) is 53.6 Å². The Kier molecular flexibility index (Phi) is 2.55. The lowest BCUT2D eigenvalue weighted by Gasteiger charge is -1.93. The summed E-state index contributed by atoms with van der Waals surface area (Å²) in [5.74, 6) is 6.20. The summed E-state index contributed by atoms with van der Waals surface area (Å²) in [4.78, 5) is 4.01. The summed E-state index contributed by atoms with van der Waals surface area (Å²) >= 11 is 0. The molecule has 0 unspecified atom stereocenters. The summed E-state index contributed by atoms with van der Waals surface area (Å²) in [5, 5.41) is 0. The van der Waals surface area contributed by atoms with Gasteiger partial charge in [-0.05, 0) is 30.5 Å². The van der Waals surface area contributed by atoms with Crippen molar-refractivity contribution in [3.8, 4) is 11.8 Å². The van der Waals surface area contributed by atoms with Gasteiger partial charge in [0.15, 0.2) is 0 Å². The predicted molar refractivity (Wildman–Crippen MR) is 60.4 cm³/mol. The fraction of sp³-hybridized carbons (Fsp3) is 0.154. The standard InChI is InChI=1S/C13H12N2/c1-11-4-3-5-12(8-11)6-7-13-9-14-10-15(13)2/h3-5,8-10H,1-2H3. The summed E-state index contributed by atoms with van der Waals surface area (Å²) in [7, 11) is 1.94. The van der Waals surface area contributed by atoms with Gasteiger partial charge in [-0.15, -0.1) is 0 Å². The maximum atomic E-state index is 4.01. The molecule has 1 heterocycles. The van der Waals surface area contributed by atoms with Gasteiger partial charge in [0.2, 0.25) is 0 Å². The van der Waals surface area contributed by atoms with Crippen LogP contribution in [-0.4, -0.2) is 9.55 Å². The molecule has 2 rings (SSSR count). The molecule has 0 spiro atoms. The maximum Gasteiger partial charge on any atom is 0.112 e. The van der Waals surface area contributed by atoms with Crippen molar-refractivity contribution < 1.29 is 0 Å². The van der Waals surface area contributed by atoms with Crippen molar-refractivity contribution in [1.82, 2.24) is 9.55 Å². The van der Waals surface area contributed by atoms with Crippen LogP contribution in [0.3, 0.4) is 0 Å². The molecule has 0 amide bonds. The quantitative estimate of drug-likeness (QED) is 0.590. The van der Waals surface area contributed by atoms with Crippen LogP contribution < -0.4 is 0 Å². The highest BCUT2D eigenvalue weighted by Crippen LogP contribution is 2.02. The smallest absolute Gasteiger partial charge is 0.112 e. The first-order valence-corrected chi connectivity index (χ1v) is 4.81. The summed E-state index contributed by atoms with van der Waals surface area (Å²) in [6.07, 6.45) is 3.52. The van der Waals surface area contributed by atoms with Gasteiger partial charge in [0.05, 0.1) is 12.5 Å². The topological polar surface area (TPSA) is 17.8 Å². The average molecular weight is 196 g/mol. The van der Waals surface area contributed by atoms with E-state index in [1.807, 2.05) is 23.7 Å². The SMILES string of the molecule is Cc1cccc(C#Cc2cncn2C)c1. The van der Waals surface area contributed by atoms with Crippen molar-refractivity contribution in [2.75, 3.05) is 0 Å². The van der Waals surface area contributed by atoms with E-state index in [1.54, 1.807) is 12.5 Å². The van der Waals surface area contributed by atoms with Crippen LogP contribution in [0.4, 0.5) is 0 Å². The third-order valence-electron chi connectivity index (χ3n) is 2.17. The molecule has 1 aromatic heterocycles. The van der Waals surface area contributed by atoms with Crippen molar-refractivity contribution in [2.45, 2.75) is 6.92 Å². The molecule has 0 atom stereocenters. The molecule has 0 aliphatic carbocycles. The van der Waals surface area contributed by atoms with Gasteiger partial charge >= 0.3 is 0 Å². The van der Waals surface area contributed by atoms with Crippen LogP contribution in [0.5, 0.6) is 0 Å². The van der Waals surface area contributed by atoms with Crippen LogP contribution in [0.2, 0.25) is 0 Å². The van der Waals surface area contributed by atoms with E-state index in [9.17, 15) is 0 Å². The summed E-state index contributed by atoms with van der Waals surface area (Å²) in [6, 6.07) is 8.16. The van der Waals surface area contributed by atoms with Crippen LogP contribution >= 0.6 is 0 Å². The van der Waals surface area contributed by atoms with E-state index in [4.69, 9.17) is 0 Å². The van der Waals surface area contributed by atoms with E-state index in [1.165, 1.54) is 5.56 Å². The highest BCUT2D eigenvalue weighted by Gasteiger charge is 1.91. The van der Waals surface area contributed by atoms with E-state index in [0.29, 0.717) is 0 Å². The molecule has 2 heteroatoms. The summed E-state index contributed by atoms with van der Waals surface area (Å²) in [5.41, 5.74) is 3.19. The van der Waals surface area contributed by atoms with Gasteiger partial charge in [0.25, 0.3) is 0 Å². The van der Waals surface area contributed by atoms with Crippen LogP contribution in [0.15, 0.2) is 36.8 Å². The number of imidazole rings is 1. The van der Waals surface area contributed by atoms with Crippen molar-refractivity contribution in [1.29, 1.82) is 0 Å². The third-order valence-corrected chi connectivity index (χ3v) is 2.17. The molecule has 0 aliphatic heterocycles. The number of hydrogen-bond donors (Lipinski definition) is 0. The Morgan fingerprint density at radius 2 is 2.13 bits per heavy atom. The lowest BCUT2D eigenvalue weighted by atomic mass is 10.1. The molecular weight excluding hydrogens is 184 g/mol. The Balaban J connectivity index is 2.30. The number of aryl methyl sites for hydroxylation is 2. The fourth-order valence-electron chi connectivity index (χ4n) is 1.34. The molecule has 0 radical (unpaired) electrons. The largest absolute Gasteiger partial charge is 0.327 e. The van der Waals surface area contributed by atoms with E-state index >= 15 is 0 Å². The van der Waals surface area contributed by atoms with Crippen molar-refractivity contribution in [2.24, 2.45) is 7.05 Å². The number of benzene rings is 1. The molecule has 2 nitrogen and oxygen atoms in total. The van der Waals surface area contributed by atoms with E-state index in [-0.39, 0.29) is 0 Å². The summed E-state index contributed by atoms with van der Waals surface area (Å²) in [6.45, 7) is 2.06. The molecular formula is C13H12N2. The molecule has 2 aromatic rings. The third kappa shape index (κ3) is 2.26. The average Bonchev–Trinajstić information content (AvgIpc) is 2.61. The number of aromatic nitrogens is 2. The fourth-order valence-corrected chi connectivity index (χ4v) is 1.34. The molecule has 0 bridgehead atoms. The van der Waals surface area contributed by atoms with Crippen molar-refractivity contribution >= 4 is 0 Å². The van der Waals surface area contributed by atoms with Gasteiger partial charge in [-0.25, -0.2) is 4.98 Å². The number of hydrogen-bond acceptors (Lipinski definition) is 1. The van der Waals surface area contributed by atoms with E-state index < -0.39 is 0 Å². The first-order chi connectivity index (χ1) is 7.25. The first kappa shape index (κ1) is 9.54. The Hall–Kier alpha value is -2.01. The predicted octanol–water partition coefficient (Wildman–Crippen LogP) is 2.13. The van der Waals surface area contributed by atoms with Crippen LogP contribution in [0.25, 0.3) is 0 Å². The molecule has 1 aromatic carbocycles. The van der Waals surface area contributed by atoms with Gasteiger partial charge in [0.1, 0.15) is 5.69 Å². The minimum Gasteiger partial charge on any atom is -0.327 e. The monoisotopic (exact) mass is 196 g/mol. The molecule has 0 saturated carbocycles. The zero-order valence-electron chi connectivity index (χ0n) is 8.86. The molecule has 0 aliphatic rings. The lowest BCUT2D eigenvalue weighted by molar-refractivity contribution is 0.899. The minimum absolute atomic E-state index is 0.927.